The van der Waals surface area contributed by atoms with Crippen LogP contribution in [-0.4, -0.2) is 35.7 Å². The number of carboxylic acid groups (broad SMARTS) is 1. The SMILES string of the molecule is C[C@@H](NCCCc1ccc(OC(C)(C)C(=O)NCC(=O)O)cc1)c1cccc2ccccc12. The van der Waals surface area contributed by atoms with Crippen LogP contribution >= 0.6 is 0 Å². The van der Waals surface area contributed by atoms with Crippen LogP contribution in [0.25, 0.3) is 10.8 Å². The van der Waals surface area contributed by atoms with E-state index in [2.05, 4.69) is 60.0 Å². The third kappa shape index (κ3) is 6.80. The van der Waals surface area contributed by atoms with Crippen molar-refractivity contribution < 1.29 is 19.4 Å². The summed E-state index contributed by atoms with van der Waals surface area (Å²) in [4.78, 5) is 22.8. The zero-order valence-corrected chi connectivity index (χ0v) is 19.4. The van der Waals surface area contributed by atoms with E-state index in [-0.39, 0.29) is 6.04 Å². The Morgan fingerprint density at radius 1 is 1.00 bits per heavy atom. The minimum Gasteiger partial charge on any atom is -0.480 e. The number of carbonyl (C=O) groups excluding carboxylic acids is 1. The summed E-state index contributed by atoms with van der Waals surface area (Å²) in [6, 6.07) is 22.8. The third-order valence-corrected chi connectivity index (χ3v) is 5.63. The number of carboxylic acids is 1. The molecule has 0 spiro atoms. The molecule has 0 aromatic heterocycles. The van der Waals surface area contributed by atoms with Gasteiger partial charge in [-0.15, -0.1) is 0 Å². The van der Waals surface area contributed by atoms with Crippen LogP contribution in [0.4, 0.5) is 0 Å². The third-order valence-electron chi connectivity index (χ3n) is 5.63. The van der Waals surface area contributed by atoms with Gasteiger partial charge in [-0.2, -0.15) is 0 Å². The van der Waals surface area contributed by atoms with E-state index in [4.69, 9.17) is 9.84 Å². The van der Waals surface area contributed by atoms with Gasteiger partial charge in [-0.3, -0.25) is 9.59 Å². The summed E-state index contributed by atoms with van der Waals surface area (Å²) in [5.41, 5.74) is 1.33. The summed E-state index contributed by atoms with van der Waals surface area (Å²) < 4.78 is 5.77. The van der Waals surface area contributed by atoms with Crippen LogP contribution < -0.4 is 15.4 Å². The van der Waals surface area contributed by atoms with E-state index in [1.165, 1.54) is 21.9 Å². The summed E-state index contributed by atoms with van der Waals surface area (Å²) in [5.74, 6) is -0.998. The van der Waals surface area contributed by atoms with Crippen LogP contribution in [0, 0.1) is 0 Å². The van der Waals surface area contributed by atoms with E-state index in [9.17, 15) is 9.59 Å². The van der Waals surface area contributed by atoms with Crippen molar-refractivity contribution in [3.8, 4) is 5.75 Å². The maximum absolute atomic E-state index is 12.1. The molecule has 0 bridgehead atoms. The van der Waals surface area contributed by atoms with Crippen molar-refractivity contribution in [3.05, 3.63) is 77.9 Å². The van der Waals surface area contributed by atoms with E-state index < -0.39 is 24.0 Å². The predicted molar refractivity (Wildman–Crippen MR) is 130 cm³/mol. The first kappa shape index (κ1) is 24.3. The van der Waals surface area contributed by atoms with Crippen LogP contribution in [0.15, 0.2) is 66.7 Å². The quantitative estimate of drug-likeness (QED) is 0.377. The first-order chi connectivity index (χ1) is 15.8. The smallest absolute Gasteiger partial charge is 0.322 e. The maximum atomic E-state index is 12.1. The molecule has 0 aliphatic heterocycles. The van der Waals surface area contributed by atoms with Crippen molar-refractivity contribution in [2.45, 2.75) is 45.3 Å². The van der Waals surface area contributed by atoms with Gasteiger partial charge in [0.1, 0.15) is 12.3 Å². The highest BCUT2D eigenvalue weighted by molar-refractivity contribution is 5.87. The lowest BCUT2D eigenvalue weighted by atomic mass is 9.99. The van der Waals surface area contributed by atoms with E-state index in [0.717, 1.165) is 19.4 Å². The minimum absolute atomic E-state index is 0.265. The Morgan fingerprint density at radius 3 is 2.42 bits per heavy atom. The maximum Gasteiger partial charge on any atom is 0.322 e. The molecule has 6 nitrogen and oxygen atoms in total. The largest absolute Gasteiger partial charge is 0.480 e. The molecule has 6 heteroatoms. The molecule has 0 fully saturated rings. The monoisotopic (exact) mass is 448 g/mol. The first-order valence-corrected chi connectivity index (χ1v) is 11.3. The van der Waals surface area contributed by atoms with Gasteiger partial charge in [-0.25, -0.2) is 0 Å². The first-order valence-electron chi connectivity index (χ1n) is 11.3. The highest BCUT2D eigenvalue weighted by Gasteiger charge is 2.30. The molecule has 0 heterocycles. The number of carbonyl (C=O) groups is 2. The predicted octanol–water partition coefficient (Wildman–Crippen LogP) is 4.48. The molecular formula is C27H32N2O4. The van der Waals surface area contributed by atoms with Gasteiger partial charge in [0.2, 0.25) is 0 Å². The number of aliphatic carboxylic acids is 1. The van der Waals surface area contributed by atoms with Crippen molar-refractivity contribution in [2.75, 3.05) is 13.1 Å². The number of nitrogens with one attached hydrogen (secondary N) is 2. The number of ether oxygens (including phenoxy) is 1. The topological polar surface area (TPSA) is 87.7 Å². The molecule has 3 N–H and O–H groups in total. The van der Waals surface area contributed by atoms with E-state index in [1.807, 2.05) is 24.3 Å². The summed E-state index contributed by atoms with van der Waals surface area (Å²) in [5, 5.41) is 17.2. The molecule has 0 saturated carbocycles. The molecule has 3 aromatic carbocycles. The summed E-state index contributed by atoms with van der Waals surface area (Å²) in [6.45, 7) is 5.89. The molecular weight excluding hydrogens is 416 g/mol. The molecule has 174 valence electrons. The molecule has 1 atom stereocenters. The minimum atomic E-state index is -1.17. The number of amides is 1. The number of rotatable bonds is 11. The fraction of sp³-hybridized carbons (Fsp3) is 0.333. The Morgan fingerprint density at radius 2 is 1.70 bits per heavy atom. The molecule has 0 aliphatic carbocycles. The second-order valence-corrected chi connectivity index (χ2v) is 8.68. The lowest BCUT2D eigenvalue weighted by Crippen LogP contribution is -2.47. The van der Waals surface area contributed by atoms with Gasteiger partial charge in [-0.05, 0) is 74.2 Å². The average Bonchev–Trinajstić information content (AvgIpc) is 2.80. The second kappa shape index (κ2) is 11.0. The Hall–Kier alpha value is -3.38. The van der Waals surface area contributed by atoms with E-state index in [0.29, 0.717) is 5.75 Å². The van der Waals surface area contributed by atoms with Crippen LogP contribution in [0.5, 0.6) is 5.75 Å². The summed E-state index contributed by atoms with van der Waals surface area (Å²) in [6.07, 6.45) is 1.93. The highest BCUT2D eigenvalue weighted by Crippen LogP contribution is 2.24. The van der Waals surface area contributed by atoms with Gasteiger partial charge in [-0.1, -0.05) is 54.6 Å². The van der Waals surface area contributed by atoms with Crippen LogP contribution in [0.3, 0.4) is 0 Å². The average molecular weight is 449 g/mol. The van der Waals surface area contributed by atoms with Crippen LogP contribution in [0.1, 0.15) is 44.4 Å². The zero-order chi connectivity index (χ0) is 23.8. The number of hydrogen-bond donors (Lipinski definition) is 3. The van der Waals surface area contributed by atoms with E-state index >= 15 is 0 Å². The molecule has 0 aliphatic rings. The second-order valence-electron chi connectivity index (χ2n) is 8.68. The van der Waals surface area contributed by atoms with Crippen LogP contribution in [0.2, 0.25) is 0 Å². The Labute approximate surface area is 195 Å². The Balaban J connectivity index is 1.46. The van der Waals surface area contributed by atoms with Crippen LogP contribution in [-0.2, 0) is 16.0 Å². The number of benzene rings is 3. The van der Waals surface area contributed by atoms with Gasteiger partial charge in [0.05, 0.1) is 0 Å². The lowest BCUT2D eigenvalue weighted by molar-refractivity contribution is -0.141. The fourth-order valence-electron chi connectivity index (χ4n) is 3.78. The zero-order valence-electron chi connectivity index (χ0n) is 19.4. The van der Waals surface area contributed by atoms with Gasteiger partial charge < -0.3 is 20.5 Å². The van der Waals surface area contributed by atoms with Gasteiger partial charge in [0, 0.05) is 6.04 Å². The normalized spacial score (nSPS) is 12.3. The van der Waals surface area contributed by atoms with Crippen molar-refractivity contribution in [1.82, 2.24) is 10.6 Å². The fourth-order valence-corrected chi connectivity index (χ4v) is 3.78. The van der Waals surface area contributed by atoms with Crippen molar-refractivity contribution in [1.29, 1.82) is 0 Å². The molecule has 0 unspecified atom stereocenters. The molecule has 3 aromatic rings. The standard InChI is InChI=1S/C27H32N2O4/c1-19(23-12-6-10-21-9-4-5-11-24(21)23)28-17-7-8-20-13-15-22(16-14-20)33-27(2,3)26(32)29-18-25(30)31/h4-6,9-16,19,28H,7-8,17-18H2,1-3H3,(H,29,32)(H,30,31)/t19-/m1/s1. The molecule has 1 amide bonds. The van der Waals surface area contributed by atoms with Gasteiger partial charge in [0.15, 0.2) is 5.60 Å². The molecule has 33 heavy (non-hydrogen) atoms. The number of aryl methyl sites for hydroxylation is 1. The van der Waals surface area contributed by atoms with Crippen molar-refractivity contribution in [3.63, 3.8) is 0 Å². The van der Waals surface area contributed by atoms with Gasteiger partial charge in [0.25, 0.3) is 5.91 Å². The van der Waals surface area contributed by atoms with Gasteiger partial charge >= 0.3 is 5.97 Å². The Bertz CT molecular complexity index is 1090. The summed E-state index contributed by atoms with van der Waals surface area (Å²) >= 11 is 0. The highest BCUT2D eigenvalue weighted by atomic mass is 16.5. The van der Waals surface area contributed by atoms with E-state index in [1.54, 1.807) is 13.8 Å². The molecule has 0 saturated heterocycles. The molecule has 0 radical (unpaired) electrons. The number of fused-ring (bicyclic) bond motifs is 1. The molecule has 3 rings (SSSR count). The Kier molecular flexibility index (Phi) is 8.06. The number of hydrogen-bond acceptors (Lipinski definition) is 4. The lowest BCUT2D eigenvalue weighted by Gasteiger charge is -2.25. The summed E-state index contributed by atoms with van der Waals surface area (Å²) in [7, 11) is 0. The van der Waals surface area contributed by atoms with Crippen molar-refractivity contribution >= 4 is 22.6 Å². The van der Waals surface area contributed by atoms with Crippen molar-refractivity contribution in [2.24, 2.45) is 0 Å².